The van der Waals surface area contributed by atoms with Gasteiger partial charge in [0, 0.05) is 0 Å². The molecule has 0 saturated heterocycles. The third kappa shape index (κ3) is 2.36. The summed E-state index contributed by atoms with van der Waals surface area (Å²) in [5.41, 5.74) is -1.32. The van der Waals surface area contributed by atoms with Crippen LogP contribution in [0, 0.1) is 0 Å². The van der Waals surface area contributed by atoms with Gasteiger partial charge in [-0.05, 0) is 11.1 Å². The van der Waals surface area contributed by atoms with Crippen LogP contribution in [0.2, 0.25) is 0 Å². The molecule has 4 heteroatoms. The van der Waals surface area contributed by atoms with E-state index in [0.29, 0.717) is 11.1 Å². The molecule has 0 aromatic heterocycles. The Bertz CT molecular complexity index is 511. The van der Waals surface area contributed by atoms with E-state index in [9.17, 15) is 15.0 Å². The molecule has 0 fully saturated rings. The van der Waals surface area contributed by atoms with Gasteiger partial charge in [0.1, 0.15) is 0 Å². The SMILES string of the molecule is O=C(O)C(O)C(O)(c1ccccc1)c1ccccc1. The van der Waals surface area contributed by atoms with Crippen molar-refractivity contribution in [3.63, 3.8) is 0 Å². The number of aliphatic hydroxyl groups excluding tert-OH is 1. The summed E-state index contributed by atoms with van der Waals surface area (Å²) in [7, 11) is 0. The molecule has 1 atom stereocenters. The Labute approximate surface area is 110 Å². The summed E-state index contributed by atoms with van der Waals surface area (Å²) in [5.74, 6) is -1.48. The van der Waals surface area contributed by atoms with Gasteiger partial charge in [-0.2, -0.15) is 0 Å². The maximum atomic E-state index is 11.1. The predicted molar refractivity (Wildman–Crippen MR) is 69.5 cm³/mol. The molecule has 19 heavy (non-hydrogen) atoms. The first-order valence-corrected chi connectivity index (χ1v) is 5.81. The largest absolute Gasteiger partial charge is 0.479 e. The number of aliphatic carboxylic acids is 1. The van der Waals surface area contributed by atoms with Gasteiger partial charge in [0.2, 0.25) is 0 Å². The quantitative estimate of drug-likeness (QED) is 0.774. The van der Waals surface area contributed by atoms with E-state index < -0.39 is 17.7 Å². The lowest BCUT2D eigenvalue weighted by Gasteiger charge is -2.31. The van der Waals surface area contributed by atoms with Crippen molar-refractivity contribution in [2.45, 2.75) is 11.7 Å². The van der Waals surface area contributed by atoms with E-state index >= 15 is 0 Å². The molecule has 0 spiro atoms. The summed E-state index contributed by atoms with van der Waals surface area (Å²) >= 11 is 0. The van der Waals surface area contributed by atoms with Gasteiger partial charge in [-0.3, -0.25) is 0 Å². The van der Waals surface area contributed by atoms with Crippen LogP contribution in [0.5, 0.6) is 0 Å². The second-order valence-corrected chi connectivity index (χ2v) is 4.24. The van der Waals surface area contributed by atoms with Crippen LogP contribution in [0.3, 0.4) is 0 Å². The van der Waals surface area contributed by atoms with Crippen LogP contribution >= 0.6 is 0 Å². The van der Waals surface area contributed by atoms with Crippen LogP contribution in [-0.4, -0.2) is 27.4 Å². The molecule has 0 radical (unpaired) electrons. The fourth-order valence-electron chi connectivity index (χ4n) is 2.05. The van der Waals surface area contributed by atoms with E-state index in [-0.39, 0.29) is 0 Å². The van der Waals surface area contributed by atoms with Crippen LogP contribution in [0.4, 0.5) is 0 Å². The summed E-state index contributed by atoms with van der Waals surface area (Å²) in [6, 6.07) is 16.5. The van der Waals surface area contributed by atoms with Crippen LogP contribution in [0.1, 0.15) is 11.1 Å². The van der Waals surface area contributed by atoms with E-state index in [4.69, 9.17) is 5.11 Å². The standard InChI is InChI=1S/C15H14O4/c16-13(14(17)18)15(19,11-7-3-1-4-8-11)12-9-5-2-6-10-12/h1-10,13,16,19H,(H,17,18). The van der Waals surface area contributed by atoms with E-state index in [2.05, 4.69) is 0 Å². The molecule has 0 bridgehead atoms. The van der Waals surface area contributed by atoms with Gasteiger partial charge in [-0.25, -0.2) is 4.79 Å². The van der Waals surface area contributed by atoms with Crippen molar-refractivity contribution in [3.05, 3.63) is 71.8 Å². The molecule has 2 aromatic carbocycles. The predicted octanol–water partition coefficient (Wildman–Crippen LogP) is 1.37. The maximum Gasteiger partial charge on any atom is 0.336 e. The Balaban J connectivity index is 2.61. The summed E-state index contributed by atoms with van der Waals surface area (Å²) in [5, 5.41) is 29.7. The molecule has 0 amide bonds. The summed E-state index contributed by atoms with van der Waals surface area (Å²) in [6.07, 6.45) is -1.95. The molecule has 2 rings (SSSR count). The first-order valence-electron chi connectivity index (χ1n) is 5.81. The van der Waals surface area contributed by atoms with E-state index in [1.54, 1.807) is 60.7 Å². The lowest BCUT2D eigenvalue weighted by atomic mass is 9.81. The lowest BCUT2D eigenvalue weighted by molar-refractivity contribution is -0.160. The highest BCUT2D eigenvalue weighted by atomic mass is 16.4. The van der Waals surface area contributed by atoms with Gasteiger partial charge in [-0.15, -0.1) is 0 Å². The highest BCUT2D eigenvalue weighted by Gasteiger charge is 2.43. The molecule has 2 aromatic rings. The Morgan fingerprint density at radius 2 is 1.26 bits per heavy atom. The normalized spacial score (nSPS) is 12.9. The summed E-state index contributed by atoms with van der Waals surface area (Å²) in [4.78, 5) is 11.1. The van der Waals surface area contributed by atoms with Crippen LogP contribution in [-0.2, 0) is 10.4 Å². The number of hydrogen-bond acceptors (Lipinski definition) is 3. The maximum absolute atomic E-state index is 11.1. The number of carboxylic acids is 1. The fourth-order valence-corrected chi connectivity index (χ4v) is 2.05. The van der Waals surface area contributed by atoms with Crippen molar-refractivity contribution < 1.29 is 20.1 Å². The smallest absolute Gasteiger partial charge is 0.336 e. The molecule has 0 saturated carbocycles. The fraction of sp³-hybridized carbons (Fsp3) is 0.133. The van der Waals surface area contributed by atoms with Crippen molar-refractivity contribution in [2.75, 3.05) is 0 Å². The van der Waals surface area contributed by atoms with Crippen molar-refractivity contribution in [1.82, 2.24) is 0 Å². The van der Waals surface area contributed by atoms with Gasteiger partial charge >= 0.3 is 5.97 Å². The molecule has 0 aliphatic rings. The molecule has 0 aliphatic heterocycles. The minimum Gasteiger partial charge on any atom is -0.479 e. The minimum atomic E-state index is -1.98. The monoisotopic (exact) mass is 258 g/mol. The van der Waals surface area contributed by atoms with Crippen molar-refractivity contribution in [3.8, 4) is 0 Å². The highest BCUT2D eigenvalue weighted by molar-refractivity contribution is 5.75. The molecule has 98 valence electrons. The van der Waals surface area contributed by atoms with Gasteiger partial charge < -0.3 is 15.3 Å². The first kappa shape index (κ1) is 13.3. The topological polar surface area (TPSA) is 77.8 Å². The van der Waals surface area contributed by atoms with Crippen molar-refractivity contribution in [1.29, 1.82) is 0 Å². The van der Waals surface area contributed by atoms with Gasteiger partial charge in [-0.1, -0.05) is 60.7 Å². The van der Waals surface area contributed by atoms with E-state index in [1.807, 2.05) is 0 Å². The number of hydrogen-bond donors (Lipinski definition) is 3. The number of aliphatic hydroxyl groups is 2. The van der Waals surface area contributed by atoms with Crippen LogP contribution in [0.25, 0.3) is 0 Å². The molecule has 3 N–H and O–H groups in total. The molecule has 0 aliphatic carbocycles. The number of carbonyl (C=O) groups is 1. The van der Waals surface area contributed by atoms with Gasteiger partial charge in [0.05, 0.1) is 0 Å². The summed E-state index contributed by atoms with van der Waals surface area (Å²) in [6.45, 7) is 0. The zero-order valence-electron chi connectivity index (χ0n) is 10.1. The minimum absolute atomic E-state index is 0.330. The third-order valence-corrected chi connectivity index (χ3v) is 3.06. The number of carboxylic acid groups (broad SMARTS) is 1. The van der Waals surface area contributed by atoms with Gasteiger partial charge in [0.25, 0.3) is 0 Å². The highest BCUT2D eigenvalue weighted by Crippen LogP contribution is 2.33. The third-order valence-electron chi connectivity index (χ3n) is 3.06. The Morgan fingerprint density at radius 1 is 0.895 bits per heavy atom. The molecule has 0 heterocycles. The van der Waals surface area contributed by atoms with Crippen LogP contribution in [0.15, 0.2) is 60.7 Å². The molecule has 1 unspecified atom stereocenters. The van der Waals surface area contributed by atoms with Gasteiger partial charge in [0.15, 0.2) is 11.7 Å². The van der Waals surface area contributed by atoms with E-state index in [1.165, 1.54) is 0 Å². The lowest BCUT2D eigenvalue weighted by Crippen LogP contribution is -2.45. The Hall–Kier alpha value is -2.17. The second kappa shape index (κ2) is 5.22. The number of benzene rings is 2. The Kier molecular flexibility index (Phi) is 3.64. The number of rotatable bonds is 4. The second-order valence-electron chi connectivity index (χ2n) is 4.24. The first-order chi connectivity index (χ1) is 9.06. The van der Waals surface area contributed by atoms with E-state index in [0.717, 1.165) is 0 Å². The summed E-state index contributed by atoms with van der Waals surface area (Å²) < 4.78 is 0. The average molecular weight is 258 g/mol. The molecular formula is C15H14O4. The van der Waals surface area contributed by atoms with Crippen molar-refractivity contribution >= 4 is 5.97 Å². The zero-order chi connectivity index (χ0) is 13.9. The molecule has 4 nitrogen and oxygen atoms in total. The zero-order valence-corrected chi connectivity index (χ0v) is 10.1. The molecular weight excluding hydrogens is 244 g/mol. The van der Waals surface area contributed by atoms with Crippen LogP contribution < -0.4 is 0 Å². The Morgan fingerprint density at radius 3 is 1.58 bits per heavy atom. The van der Waals surface area contributed by atoms with Crippen molar-refractivity contribution in [2.24, 2.45) is 0 Å². The average Bonchev–Trinajstić information content (AvgIpc) is 2.47.